The van der Waals surface area contributed by atoms with Crippen molar-refractivity contribution in [2.24, 2.45) is 5.92 Å². The molecule has 1 aromatic rings. The van der Waals surface area contributed by atoms with Crippen LogP contribution >= 0.6 is 11.6 Å². The molecule has 2 N–H and O–H groups in total. The molecule has 0 aliphatic carbocycles. The number of anilines is 2. The standard InChI is InChI=1S/C19H27ClFN3/c1-19(2,21)13-23-10-7-14(8-11-23)12-24-9-3-4-15-17(24)6-5-16(20)18(15)22/h3-6,14H,7-13,22H2,1-2H3. The van der Waals surface area contributed by atoms with Crippen LogP contribution in [0.15, 0.2) is 18.2 Å². The maximum atomic E-state index is 13.8. The van der Waals surface area contributed by atoms with Crippen LogP contribution in [-0.2, 0) is 0 Å². The van der Waals surface area contributed by atoms with Gasteiger partial charge in [-0.05, 0) is 57.8 Å². The molecule has 0 spiro atoms. The van der Waals surface area contributed by atoms with E-state index in [0.29, 0.717) is 23.2 Å². The summed E-state index contributed by atoms with van der Waals surface area (Å²) < 4.78 is 13.8. The number of piperidine rings is 1. The van der Waals surface area contributed by atoms with Gasteiger partial charge in [-0.25, -0.2) is 4.39 Å². The number of nitrogen functional groups attached to an aromatic ring is 1. The number of halogens is 2. The summed E-state index contributed by atoms with van der Waals surface area (Å²) in [6.07, 6.45) is 6.46. The molecule has 5 heteroatoms. The lowest BCUT2D eigenvalue weighted by atomic mass is 9.94. The lowest BCUT2D eigenvalue weighted by molar-refractivity contribution is 0.0968. The Balaban J connectivity index is 1.61. The predicted molar refractivity (Wildman–Crippen MR) is 101 cm³/mol. The second-order valence-electron chi connectivity index (χ2n) is 7.64. The van der Waals surface area contributed by atoms with Crippen molar-refractivity contribution in [3.05, 3.63) is 28.8 Å². The van der Waals surface area contributed by atoms with Gasteiger partial charge in [0.15, 0.2) is 0 Å². The van der Waals surface area contributed by atoms with Gasteiger partial charge in [-0.2, -0.15) is 0 Å². The number of benzene rings is 1. The summed E-state index contributed by atoms with van der Waals surface area (Å²) in [5, 5.41) is 0.613. The molecule has 0 atom stereocenters. The number of hydrogen-bond acceptors (Lipinski definition) is 3. The second-order valence-corrected chi connectivity index (χ2v) is 8.05. The van der Waals surface area contributed by atoms with Gasteiger partial charge in [0.2, 0.25) is 0 Å². The van der Waals surface area contributed by atoms with Crippen molar-refractivity contribution < 1.29 is 4.39 Å². The highest BCUT2D eigenvalue weighted by atomic mass is 35.5. The zero-order valence-corrected chi connectivity index (χ0v) is 15.3. The van der Waals surface area contributed by atoms with Crippen LogP contribution in [0.3, 0.4) is 0 Å². The summed E-state index contributed by atoms with van der Waals surface area (Å²) in [5.41, 5.74) is 7.88. The summed E-state index contributed by atoms with van der Waals surface area (Å²) in [6, 6.07) is 3.95. The number of nitrogens with zero attached hydrogens (tertiary/aromatic N) is 2. The maximum absolute atomic E-state index is 13.8. The highest BCUT2D eigenvalue weighted by molar-refractivity contribution is 6.33. The first-order valence-electron chi connectivity index (χ1n) is 8.74. The molecule has 2 aliphatic heterocycles. The molecule has 2 heterocycles. The van der Waals surface area contributed by atoms with Crippen LogP contribution in [0.2, 0.25) is 5.02 Å². The molecule has 0 unspecified atom stereocenters. The third-order valence-electron chi connectivity index (χ3n) is 4.95. The maximum Gasteiger partial charge on any atom is 0.118 e. The SMILES string of the molecule is CC(C)(F)CN1CCC(CN2CC=Cc3c2ccc(Cl)c3N)CC1. The Bertz CT molecular complexity index is 616. The molecule has 132 valence electrons. The van der Waals surface area contributed by atoms with Crippen LogP contribution in [0.5, 0.6) is 0 Å². The Kier molecular flexibility index (Phi) is 5.07. The quantitative estimate of drug-likeness (QED) is 0.824. The average Bonchev–Trinajstić information content (AvgIpc) is 2.52. The fraction of sp³-hybridized carbons (Fsp3) is 0.579. The van der Waals surface area contributed by atoms with Gasteiger partial charge in [-0.3, -0.25) is 0 Å². The summed E-state index contributed by atoms with van der Waals surface area (Å²) in [6.45, 7) is 7.74. The molecular weight excluding hydrogens is 325 g/mol. The Morgan fingerprint density at radius 3 is 2.67 bits per heavy atom. The first kappa shape index (κ1) is 17.6. The van der Waals surface area contributed by atoms with E-state index in [1.165, 1.54) is 5.69 Å². The van der Waals surface area contributed by atoms with Crippen molar-refractivity contribution in [3.63, 3.8) is 0 Å². The Hall–Kier alpha value is -1.26. The molecule has 3 rings (SSSR count). The number of alkyl halides is 1. The van der Waals surface area contributed by atoms with Crippen LogP contribution < -0.4 is 10.6 Å². The average molecular weight is 352 g/mol. The molecule has 0 amide bonds. The predicted octanol–water partition coefficient (Wildman–Crippen LogP) is 4.22. The lowest BCUT2D eigenvalue weighted by Gasteiger charge is -2.38. The molecule has 2 aliphatic rings. The van der Waals surface area contributed by atoms with Crippen molar-refractivity contribution in [1.29, 1.82) is 0 Å². The summed E-state index contributed by atoms with van der Waals surface area (Å²) in [7, 11) is 0. The van der Waals surface area contributed by atoms with Gasteiger partial charge >= 0.3 is 0 Å². The fourth-order valence-corrected chi connectivity index (χ4v) is 3.95. The number of fused-ring (bicyclic) bond motifs is 1. The van der Waals surface area contributed by atoms with Crippen LogP contribution in [0, 0.1) is 5.92 Å². The van der Waals surface area contributed by atoms with Gasteiger partial charge in [0, 0.05) is 30.9 Å². The highest BCUT2D eigenvalue weighted by Crippen LogP contribution is 2.36. The molecule has 3 nitrogen and oxygen atoms in total. The normalized spacial score (nSPS) is 19.6. The second kappa shape index (κ2) is 6.93. The molecular formula is C19H27ClFN3. The minimum Gasteiger partial charge on any atom is -0.397 e. The van der Waals surface area contributed by atoms with Crippen molar-refractivity contribution in [1.82, 2.24) is 4.90 Å². The van der Waals surface area contributed by atoms with Gasteiger partial charge in [0.05, 0.1) is 10.7 Å². The molecule has 24 heavy (non-hydrogen) atoms. The fourth-order valence-electron chi connectivity index (χ4n) is 3.79. The van der Waals surface area contributed by atoms with Crippen molar-refractivity contribution in [3.8, 4) is 0 Å². The van der Waals surface area contributed by atoms with Crippen LogP contribution in [0.4, 0.5) is 15.8 Å². The first-order chi connectivity index (χ1) is 11.3. The Labute approximate surface area is 149 Å². The third kappa shape index (κ3) is 4.04. The van der Waals surface area contributed by atoms with E-state index < -0.39 is 5.67 Å². The Morgan fingerprint density at radius 1 is 1.29 bits per heavy atom. The van der Waals surface area contributed by atoms with E-state index in [4.69, 9.17) is 17.3 Å². The van der Waals surface area contributed by atoms with Gasteiger partial charge in [-0.1, -0.05) is 23.8 Å². The van der Waals surface area contributed by atoms with Gasteiger partial charge in [0.25, 0.3) is 0 Å². The molecule has 1 saturated heterocycles. The summed E-state index contributed by atoms with van der Waals surface area (Å²) in [5.74, 6) is 0.639. The number of likely N-dealkylation sites (tertiary alicyclic amines) is 1. The summed E-state index contributed by atoms with van der Waals surface area (Å²) in [4.78, 5) is 4.64. The Morgan fingerprint density at radius 2 is 2.00 bits per heavy atom. The minimum absolute atomic E-state index is 0.532. The van der Waals surface area contributed by atoms with Crippen molar-refractivity contribution in [2.75, 3.05) is 43.4 Å². The first-order valence-corrected chi connectivity index (χ1v) is 9.12. The monoisotopic (exact) mass is 351 g/mol. The molecule has 0 radical (unpaired) electrons. The van der Waals surface area contributed by atoms with E-state index in [2.05, 4.69) is 28.0 Å². The van der Waals surface area contributed by atoms with Crippen molar-refractivity contribution in [2.45, 2.75) is 32.4 Å². The van der Waals surface area contributed by atoms with Crippen LogP contribution in [0.1, 0.15) is 32.3 Å². The van der Waals surface area contributed by atoms with E-state index in [9.17, 15) is 4.39 Å². The van der Waals surface area contributed by atoms with Crippen LogP contribution in [0.25, 0.3) is 6.08 Å². The van der Waals surface area contributed by atoms with E-state index in [1.54, 1.807) is 13.8 Å². The van der Waals surface area contributed by atoms with E-state index in [-0.39, 0.29) is 0 Å². The molecule has 0 saturated carbocycles. The topological polar surface area (TPSA) is 32.5 Å². The third-order valence-corrected chi connectivity index (χ3v) is 5.28. The molecule has 1 fully saturated rings. The summed E-state index contributed by atoms with van der Waals surface area (Å²) >= 11 is 6.14. The molecule has 1 aromatic carbocycles. The number of nitrogens with two attached hydrogens (primary N) is 1. The smallest absolute Gasteiger partial charge is 0.118 e. The van der Waals surface area contributed by atoms with E-state index in [0.717, 1.165) is 44.6 Å². The van der Waals surface area contributed by atoms with Crippen molar-refractivity contribution >= 4 is 29.1 Å². The number of hydrogen-bond donors (Lipinski definition) is 1. The van der Waals surface area contributed by atoms with E-state index >= 15 is 0 Å². The zero-order valence-electron chi connectivity index (χ0n) is 14.6. The minimum atomic E-state index is -1.11. The van der Waals surface area contributed by atoms with E-state index in [1.807, 2.05) is 6.07 Å². The largest absolute Gasteiger partial charge is 0.397 e. The highest BCUT2D eigenvalue weighted by Gasteiger charge is 2.27. The lowest BCUT2D eigenvalue weighted by Crippen LogP contribution is -2.43. The number of rotatable bonds is 4. The van der Waals surface area contributed by atoms with Gasteiger partial charge in [0.1, 0.15) is 5.67 Å². The van der Waals surface area contributed by atoms with Gasteiger partial charge in [-0.15, -0.1) is 0 Å². The molecule has 0 bridgehead atoms. The van der Waals surface area contributed by atoms with Gasteiger partial charge < -0.3 is 15.5 Å². The zero-order chi connectivity index (χ0) is 17.3. The van der Waals surface area contributed by atoms with Crippen LogP contribution in [-0.4, -0.2) is 43.3 Å². The molecule has 0 aromatic heterocycles.